The Morgan fingerprint density at radius 2 is 1.91 bits per heavy atom. The van der Waals surface area contributed by atoms with Crippen LogP contribution < -0.4 is 9.47 Å². The van der Waals surface area contributed by atoms with Crippen molar-refractivity contribution in [3.8, 4) is 11.5 Å². The minimum absolute atomic E-state index is 0.450. The van der Waals surface area contributed by atoms with Crippen molar-refractivity contribution < 1.29 is 23.7 Å². The number of carbonyl (C=O) groups excluding carboxylic acids is 1. The molecule has 0 saturated carbocycles. The van der Waals surface area contributed by atoms with Crippen LogP contribution in [0.3, 0.4) is 0 Å². The molecular formula is C17H19NO5. The van der Waals surface area contributed by atoms with Crippen molar-refractivity contribution >= 4 is 11.7 Å². The number of hydrogen-bond donors (Lipinski definition) is 0. The number of benzene rings is 1. The van der Waals surface area contributed by atoms with E-state index >= 15 is 0 Å². The van der Waals surface area contributed by atoms with Gasteiger partial charge in [0.05, 0.1) is 33.1 Å². The zero-order valence-corrected chi connectivity index (χ0v) is 13.3. The molecule has 1 saturated heterocycles. The maximum absolute atomic E-state index is 10.8. The molecular weight excluding hydrogens is 298 g/mol. The Bertz CT molecular complexity index is 670. The van der Waals surface area contributed by atoms with E-state index < -0.39 is 5.79 Å². The molecule has 122 valence electrons. The maximum Gasteiger partial charge on any atom is 0.240 e. The average molecular weight is 317 g/mol. The Morgan fingerprint density at radius 3 is 2.57 bits per heavy atom. The summed E-state index contributed by atoms with van der Waals surface area (Å²) in [4.78, 5) is 14.7. The van der Waals surface area contributed by atoms with Crippen LogP contribution in [0.5, 0.6) is 11.5 Å². The third kappa shape index (κ3) is 3.01. The van der Waals surface area contributed by atoms with Gasteiger partial charge in [-0.05, 0) is 29.7 Å². The second-order valence-corrected chi connectivity index (χ2v) is 5.48. The molecule has 0 bridgehead atoms. The van der Waals surface area contributed by atoms with E-state index in [1.807, 2.05) is 18.2 Å². The lowest BCUT2D eigenvalue weighted by Crippen LogP contribution is -2.33. The Kier molecular flexibility index (Phi) is 4.48. The normalized spacial score (nSPS) is 19.6. The van der Waals surface area contributed by atoms with Crippen LogP contribution in [0.15, 0.2) is 28.9 Å². The molecule has 23 heavy (non-hydrogen) atoms. The van der Waals surface area contributed by atoms with Crippen molar-refractivity contribution in [1.29, 1.82) is 0 Å². The average Bonchev–Trinajstić information content (AvgIpc) is 3.02. The molecule has 3 rings (SSSR count). The molecule has 1 heterocycles. The van der Waals surface area contributed by atoms with Crippen LogP contribution >= 0.6 is 0 Å². The van der Waals surface area contributed by atoms with E-state index in [0.29, 0.717) is 43.3 Å². The van der Waals surface area contributed by atoms with Crippen molar-refractivity contribution in [3.63, 3.8) is 0 Å². The highest BCUT2D eigenvalue weighted by molar-refractivity contribution is 5.72. The molecule has 1 aromatic carbocycles. The van der Waals surface area contributed by atoms with Crippen LogP contribution in [-0.2, 0) is 14.3 Å². The van der Waals surface area contributed by atoms with E-state index in [2.05, 4.69) is 4.99 Å². The first-order valence-electron chi connectivity index (χ1n) is 7.51. The molecule has 1 aliphatic heterocycles. The molecule has 0 unspecified atom stereocenters. The van der Waals surface area contributed by atoms with Gasteiger partial charge in [0, 0.05) is 12.8 Å². The minimum Gasteiger partial charge on any atom is -0.493 e. The van der Waals surface area contributed by atoms with E-state index in [9.17, 15) is 4.79 Å². The summed E-state index contributed by atoms with van der Waals surface area (Å²) in [6, 6.07) is 5.67. The fourth-order valence-corrected chi connectivity index (χ4v) is 3.15. The van der Waals surface area contributed by atoms with E-state index in [0.717, 1.165) is 17.6 Å². The van der Waals surface area contributed by atoms with Crippen LogP contribution in [0.2, 0.25) is 0 Å². The second-order valence-electron chi connectivity index (χ2n) is 5.48. The van der Waals surface area contributed by atoms with Gasteiger partial charge >= 0.3 is 0 Å². The Balaban J connectivity index is 2.00. The maximum atomic E-state index is 10.8. The number of methoxy groups -OCH3 is 2. The summed E-state index contributed by atoms with van der Waals surface area (Å²) >= 11 is 0. The largest absolute Gasteiger partial charge is 0.493 e. The quantitative estimate of drug-likeness (QED) is 0.631. The third-order valence-corrected chi connectivity index (χ3v) is 4.27. The predicted molar refractivity (Wildman–Crippen MR) is 83.1 cm³/mol. The molecule has 0 N–H and O–H groups in total. The Morgan fingerprint density at radius 1 is 1.17 bits per heavy atom. The summed E-state index contributed by atoms with van der Waals surface area (Å²) in [7, 11) is 3.19. The van der Waals surface area contributed by atoms with Gasteiger partial charge in [-0.3, -0.25) is 0 Å². The van der Waals surface area contributed by atoms with Crippen molar-refractivity contribution in [2.45, 2.75) is 25.0 Å². The first-order chi connectivity index (χ1) is 11.2. The fourth-order valence-electron chi connectivity index (χ4n) is 3.15. The first-order valence-corrected chi connectivity index (χ1v) is 7.51. The van der Waals surface area contributed by atoms with Crippen molar-refractivity contribution in [2.75, 3.05) is 27.4 Å². The van der Waals surface area contributed by atoms with Gasteiger partial charge in [0.15, 0.2) is 17.3 Å². The fraction of sp³-hybridized carbons (Fsp3) is 0.471. The van der Waals surface area contributed by atoms with E-state index in [-0.39, 0.29) is 0 Å². The predicted octanol–water partition coefficient (Wildman–Crippen LogP) is 2.68. The number of isocyanates is 1. The number of ether oxygens (including phenoxy) is 4. The molecule has 0 atom stereocenters. The molecule has 2 aliphatic rings. The van der Waals surface area contributed by atoms with Crippen LogP contribution in [0.25, 0.3) is 5.57 Å². The van der Waals surface area contributed by atoms with Gasteiger partial charge in [-0.15, -0.1) is 0 Å². The summed E-state index contributed by atoms with van der Waals surface area (Å²) < 4.78 is 22.1. The molecule has 1 aromatic rings. The minimum atomic E-state index is -0.643. The lowest BCUT2D eigenvalue weighted by molar-refractivity contribution is -0.161. The standard InChI is InChI=1S/C17H19NO5/c1-20-15-4-3-12(9-16(15)21-2)13-5-6-17(22-7-8-23-17)10-14(13)18-11-19/h3-4,9H,5-8,10H2,1-2H3. The van der Waals surface area contributed by atoms with Gasteiger partial charge in [0.25, 0.3) is 0 Å². The lowest BCUT2D eigenvalue weighted by Gasteiger charge is -2.32. The molecule has 0 radical (unpaired) electrons. The third-order valence-electron chi connectivity index (χ3n) is 4.27. The van der Waals surface area contributed by atoms with Crippen LogP contribution in [-0.4, -0.2) is 39.3 Å². The van der Waals surface area contributed by atoms with E-state index in [4.69, 9.17) is 18.9 Å². The number of allylic oxidation sites excluding steroid dienone is 1. The van der Waals surface area contributed by atoms with Gasteiger partial charge in [-0.1, -0.05) is 6.07 Å². The summed E-state index contributed by atoms with van der Waals surface area (Å²) in [5.41, 5.74) is 2.59. The monoisotopic (exact) mass is 317 g/mol. The number of aliphatic imine (C=N–C) groups is 1. The number of nitrogens with zero attached hydrogens (tertiary/aromatic N) is 1. The van der Waals surface area contributed by atoms with Crippen molar-refractivity contribution in [2.24, 2.45) is 4.99 Å². The van der Waals surface area contributed by atoms with E-state index in [1.54, 1.807) is 20.3 Å². The molecule has 6 heteroatoms. The summed E-state index contributed by atoms with van der Waals surface area (Å²) in [5.74, 6) is 0.656. The molecule has 6 nitrogen and oxygen atoms in total. The van der Waals surface area contributed by atoms with Gasteiger partial charge in [0.2, 0.25) is 6.08 Å². The van der Waals surface area contributed by atoms with Gasteiger partial charge < -0.3 is 18.9 Å². The van der Waals surface area contributed by atoms with Gasteiger partial charge in [-0.2, -0.15) is 4.99 Å². The first kappa shape index (κ1) is 15.7. The highest BCUT2D eigenvalue weighted by Gasteiger charge is 2.41. The number of rotatable bonds is 4. The topological polar surface area (TPSA) is 66.4 Å². The highest BCUT2D eigenvalue weighted by atomic mass is 16.7. The molecule has 0 amide bonds. The Hall–Kier alpha value is -2.14. The zero-order valence-electron chi connectivity index (χ0n) is 13.3. The molecule has 1 aliphatic carbocycles. The summed E-state index contributed by atoms with van der Waals surface area (Å²) in [6.45, 7) is 1.15. The summed E-state index contributed by atoms with van der Waals surface area (Å²) in [6.07, 6.45) is 3.53. The van der Waals surface area contributed by atoms with Gasteiger partial charge in [0.1, 0.15) is 0 Å². The summed E-state index contributed by atoms with van der Waals surface area (Å²) in [5, 5.41) is 0. The second kappa shape index (κ2) is 6.54. The smallest absolute Gasteiger partial charge is 0.240 e. The highest BCUT2D eigenvalue weighted by Crippen LogP contribution is 2.43. The Labute approximate surface area is 134 Å². The zero-order chi connectivity index (χ0) is 16.3. The molecule has 1 fully saturated rings. The lowest BCUT2D eigenvalue weighted by atomic mass is 9.87. The van der Waals surface area contributed by atoms with Crippen LogP contribution in [0.1, 0.15) is 24.8 Å². The SMILES string of the molecule is COc1ccc(C2=C(N=C=O)CC3(CC2)OCCO3)cc1OC. The number of hydrogen-bond acceptors (Lipinski definition) is 6. The molecule has 1 spiro atoms. The van der Waals surface area contributed by atoms with Crippen molar-refractivity contribution in [1.82, 2.24) is 0 Å². The van der Waals surface area contributed by atoms with Gasteiger partial charge in [-0.25, -0.2) is 4.79 Å². The van der Waals surface area contributed by atoms with Crippen LogP contribution in [0.4, 0.5) is 0 Å². The molecule has 0 aromatic heterocycles. The van der Waals surface area contributed by atoms with Crippen LogP contribution in [0, 0.1) is 0 Å². The van der Waals surface area contributed by atoms with E-state index in [1.165, 1.54) is 0 Å². The van der Waals surface area contributed by atoms with Crippen molar-refractivity contribution in [3.05, 3.63) is 29.5 Å².